The van der Waals surface area contributed by atoms with Crippen LogP contribution < -0.4 is 10.6 Å². The SMILES string of the molecule is N#Cc1ccc(CS(=O)(=O)CC(=O)NCCNc2cccc(F)c2C#N)cc1. The molecule has 2 aromatic carbocycles. The number of anilines is 1. The van der Waals surface area contributed by atoms with Crippen molar-refractivity contribution in [2.45, 2.75) is 5.75 Å². The average Bonchev–Trinajstić information content (AvgIpc) is 2.65. The smallest absolute Gasteiger partial charge is 0.235 e. The number of benzene rings is 2. The van der Waals surface area contributed by atoms with E-state index in [2.05, 4.69) is 10.6 Å². The fraction of sp³-hybridized carbons (Fsp3) is 0.211. The summed E-state index contributed by atoms with van der Waals surface area (Å²) < 4.78 is 37.7. The van der Waals surface area contributed by atoms with Crippen LogP contribution in [0.5, 0.6) is 0 Å². The topological polar surface area (TPSA) is 123 Å². The lowest BCUT2D eigenvalue weighted by Gasteiger charge is -2.10. The number of amides is 1. The molecule has 0 unspecified atom stereocenters. The normalized spacial score (nSPS) is 10.5. The lowest BCUT2D eigenvalue weighted by molar-refractivity contribution is -0.118. The van der Waals surface area contributed by atoms with E-state index in [1.54, 1.807) is 6.07 Å². The molecule has 0 aromatic heterocycles. The second-order valence-corrected chi connectivity index (χ2v) is 7.96. The van der Waals surface area contributed by atoms with E-state index in [4.69, 9.17) is 10.5 Å². The number of nitrogens with zero attached hydrogens (tertiary/aromatic N) is 2. The lowest BCUT2D eigenvalue weighted by atomic mass is 10.2. The first-order chi connectivity index (χ1) is 13.3. The summed E-state index contributed by atoms with van der Waals surface area (Å²) in [6.07, 6.45) is 0. The molecule has 9 heteroatoms. The van der Waals surface area contributed by atoms with Crippen LogP contribution in [0.25, 0.3) is 0 Å². The first-order valence-electron chi connectivity index (χ1n) is 8.23. The predicted octanol–water partition coefficient (Wildman–Crippen LogP) is 1.71. The van der Waals surface area contributed by atoms with Crippen LogP contribution in [-0.2, 0) is 20.4 Å². The zero-order valence-corrected chi connectivity index (χ0v) is 15.6. The molecule has 0 fully saturated rings. The first-order valence-corrected chi connectivity index (χ1v) is 10.1. The molecular formula is C19H17FN4O3S. The number of nitriles is 2. The summed E-state index contributed by atoms with van der Waals surface area (Å²) >= 11 is 0. The van der Waals surface area contributed by atoms with Crippen molar-refractivity contribution in [2.75, 3.05) is 24.2 Å². The minimum atomic E-state index is -3.67. The maximum atomic E-state index is 13.5. The summed E-state index contributed by atoms with van der Waals surface area (Å²) in [5, 5.41) is 23.0. The van der Waals surface area contributed by atoms with Crippen LogP contribution in [0, 0.1) is 28.5 Å². The van der Waals surface area contributed by atoms with E-state index >= 15 is 0 Å². The largest absolute Gasteiger partial charge is 0.382 e. The standard InChI is InChI=1S/C19H17FN4O3S/c20-17-2-1-3-18(16(17)11-22)23-8-9-24-19(25)13-28(26,27)12-15-6-4-14(10-21)5-7-15/h1-7,23H,8-9,12-13H2,(H,24,25). The number of hydrogen-bond donors (Lipinski definition) is 2. The van der Waals surface area contributed by atoms with Crippen molar-refractivity contribution in [3.05, 3.63) is 65.0 Å². The number of carbonyl (C=O) groups excluding carboxylic acids is 1. The van der Waals surface area contributed by atoms with Crippen molar-refractivity contribution in [3.63, 3.8) is 0 Å². The van der Waals surface area contributed by atoms with Gasteiger partial charge in [-0.3, -0.25) is 4.79 Å². The van der Waals surface area contributed by atoms with Crippen LogP contribution in [-0.4, -0.2) is 33.2 Å². The Bertz CT molecular complexity index is 1040. The fourth-order valence-corrected chi connectivity index (χ4v) is 3.72. The Morgan fingerprint density at radius 2 is 1.75 bits per heavy atom. The summed E-state index contributed by atoms with van der Waals surface area (Å²) in [4.78, 5) is 11.9. The number of sulfone groups is 1. The maximum absolute atomic E-state index is 13.5. The Morgan fingerprint density at radius 1 is 1.04 bits per heavy atom. The molecule has 0 saturated heterocycles. The van der Waals surface area contributed by atoms with E-state index in [0.29, 0.717) is 16.8 Å². The van der Waals surface area contributed by atoms with E-state index in [0.717, 1.165) is 0 Å². The van der Waals surface area contributed by atoms with Gasteiger partial charge in [0.2, 0.25) is 5.91 Å². The molecule has 2 N–H and O–H groups in total. The monoisotopic (exact) mass is 400 g/mol. The zero-order chi connectivity index (χ0) is 20.6. The van der Waals surface area contributed by atoms with Crippen LogP contribution in [0.3, 0.4) is 0 Å². The van der Waals surface area contributed by atoms with Crippen molar-refractivity contribution in [1.82, 2.24) is 5.32 Å². The van der Waals surface area contributed by atoms with E-state index in [-0.39, 0.29) is 24.4 Å². The molecular weight excluding hydrogens is 383 g/mol. The second-order valence-electron chi connectivity index (χ2n) is 5.89. The first kappa shape index (κ1) is 20.9. The highest BCUT2D eigenvalue weighted by Crippen LogP contribution is 2.17. The Hall–Kier alpha value is -3.43. The molecule has 0 aliphatic heterocycles. The number of halogens is 1. The molecule has 28 heavy (non-hydrogen) atoms. The average molecular weight is 400 g/mol. The van der Waals surface area contributed by atoms with Crippen molar-refractivity contribution in [3.8, 4) is 12.1 Å². The molecule has 0 aliphatic rings. The van der Waals surface area contributed by atoms with E-state index in [9.17, 15) is 17.6 Å². The van der Waals surface area contributed by atoms with Crippen molar-refractivity contribution in [2.24, 2.45) is 0 Å². The predicted molar refractivity (Wildman–Crippen MR) is 101 cm³/mol. The highest BCUT2D eigenvalue weighted by atomic mass is 32.2. The quantitative estimate of drug-likeness (QED) is 0.651. The van der Waals surface area contributed by atoms with Gasteiger partial charge in [-0.2, -0.15) is 10.5 Å². The molecule has 7 nitrogen and oxygen atoms in total. The Kier molecular flexibility index (Phi) is 7.08. The van der Waals surface area contributed by atoms with Gasteiger partial charge in [0.1, 0.15) is 23.2 Å². The molecule has 0 atom stereocenters. The summed E-state index contributed by atoms with van der Waals surface area (Å²) in [5.41, 5.74) is 1.08. The van der Waals surface area contributed by atoms with Crippen molar-refractivity contribution < 1.29 is 17.6 Å². The summed E-state index contributed by atoms with van der Waals surface area (Å²) in [6, 6.07) is 13.9. The Morgan fingerprint density at radius 3 is 2.39 bits per heavy atom. The van der Waals surface area contributed by atoms with Crippen molar-refractivity contribution >= 4 is 21.4 Å². The van der Waals surface area contributed by atoms with Crippen molar-refractivity contribution in [1.29, 1.82) is 10.5 Å². The maximum Gasteiger partial charge on any atom is 0.235 e. The summed E-state index contributed by atoms with van der Waals surface area (Å²) in [7, 11) is -3.67. The van der Waals surface area contributed by atoms with Gasteiger partial charge in [-0.05, 0) is 29.8 Å². The molecule has 144 valence electrons. The molecule has 0 aliphatic carbocycles. The highest BCUT2D eigenvalue weighted by Gasteiger charge is 2.17. The van der Waals surface area contributed by atoms with Gasteiger partial charge in [-0.1, -0.05) is 18.2 Å². The molecule has 0 bridgehead atoms. The van der Waals surface area contributed by atoms with E-state index in [1.807, 2.05) is 6.07 Å². The third-order valence-corrected chi connectivity index (χ3v) is 5.18. The van der Waals surface area contributed by atoms with Crippen LogP contribution in [0.15, 0.2) is 42.5 Å². The number of hydrogen-bond acceptors (Lipinski definition) is 6. The molecule has 2 rings (SSSR count). The van der Waals surface area contributed by atoms with Gasteiger partial charge in [0.25, 0.3) is 0 Å². The minimum Gasteiger partial charge on any atom is -0.382 e. The van der Waals surface area contributed by atoms with Gasteiger partial charge in [0.05, 0.1) is 23.1 Å². The van der Waals surface area contributed by atoms with Gasteiger partial charge in [0, 0.05) is 13.1 Å². The third kappa shape index (κ3) is 6.08. The molecule has 0 heterocycles. The Balaban J connectivity index is 1.81. The van der Waals surface area contributed by atoms with Gasteiger partial charge < -0.3 is 10.6 Å². The van der Waals surface area contributed by atoms with Crippen LogP contribution in [0.1, 0.15) is 16.7 Å². The highest BCUT2D eigenvalue weighted by molar-refractivity contribution is 7.91. The summed E-state index contributed by atoms with van der Waals surface area (Å²) in [5.74, 6) is -2.28. The van der Waals surface area contributed by atoms with Crippen LogP contribution in [0.2, 0.25) is 0 Å². The lowest BCUT2D eigenvalue weighted by Crippen LogP contribution is -2.34. The zero-order valence-electron chi connectivity index (χ0n) is 14.8. The molecule has 2 aromatic rings. The van der Waals surface area contributed by atoms with Crippen LogP contribution >= 0.6 is 0 Å². The van der Waals surface area contributed by atoms with Gasteiger partial charge in [-0.25, -0.2) is 12.8 Å². The number of carbonyl (C=O) groups is 1. The molecule has 0 saturated carbocycles. The van der Waals surface area contributed by atoms with Gasteiger partial charge in [-0.15, -0.1) is 0 Å². The van der Waals surface area contributed by atoms with Gasteiger partial charge >= 0.3 is 0 Å². The molecule has 0 spiro atoms. The van der Waals surface area contributed by atoms with Crippen LogP contribution in [0.4, 0.5) is 10.1 Å². The Labute approximate surface area is 162 Å². The molecule has 1 amide bonds. The van der Waals surface area contributed by atoms with E-state index in [1.165, 1.54) is 42.5 Å². The van der Waals surface area contributed by atoms with Gasteiger partial charge in [0.15, 0.2) is 9.84 Å². The molecule has 0 radical (unpaired) electrons. The van der Waals surface area contributed by atoms with E-state index < -0.39 is 27.3 Å². The number of rotatable bonds is 8. The minimum absolute atomic E-state index is 0.104. The fourth-order valence-electron chi connectivity index (χ4n) is 2.42. The second kappa shape index (κ2) is 9.49. The third-order valence-electron chi connectivity index (χ3n) is 3.71. The number of nitrogens with one attached hydrogen (secondary N) is 2. The summed E-state index contributed by atoms with van der Waals surface area (Å²) in [6.45, 7) is 0.298.